The number of rotatable bonds is 4. The summed E-state index contributed by atoms with van der Waals surface area (Å²) in [5, 5.41) is 3.83. The Hall–Kier alpha value is -4.19. The molecule has 0 unspecified atom stereocenters. The summed E-state index contributed by atoms with van der Waals surface area (Å²) in [6, 6.07) is 27.1. The normalized spacial score (nSPS) is 23.9. The van der Waals surface area contributed by atoms with E-state index < -0.39 is 23.4 Å². The van der Waals surface area contributed by atoms with Gasteiger partial charge in [0, 0.05) is 33.1 Å². The number of carbonyl (C=O) groups is 3. The Morgan fingerprint density at radius 2 is 1.51 bits per heavy atom. The van der Waals surface area contributed by atoms with Crippen molar-refractivity contribution < 1.29 is 14.4 Å². The van der Waals surface area contributed by atoms with Gasteiger partial charge in [-0.1, -0.05) is 77.8 Å². The number of nitrogens with zero attached hydrogens (tertiary/aromatic N) is 1. The van der Waals surface area contributed by atoms with Gasteiger partial charge in [-0.3, -0.25) is 14.4 Å². The van der Waals surface area contributed by atoms with Crippen LogP contribution in [0.3, 0.4) is 0 Å². The first kappa shape index (κ1) is 25.8. The van der Waals surface area contributed by atoms with Crippen LogP contribution in [-0.2, 0) is 10.2 Å². The molecule has 3 heterocycles. The number of hydrogen-bond donors (Lipinski definition) is 1. The van der Waals surface area contributed by atoms with Crippen molar-refractivity contribution in [1.82, 2.24) is 0 Å². The third-order valence-electron chi connectivity index (χ3n) is 8.70. The fourth-order valence-electron chi connectivity index (χ4n) is 7.00. The number of fused-ring (bicyclic) bond motifs is 6. The molecule has 202 valence electrons. The molecule has 0 radical (unpaired) electrons. The monoisotopic (exact) mass is 578 g/mol. The van der Waals surface area contributed by atoms with Crippen molar-refractivity contribution in [2.24, 2.45) is 5.92 Å². The Balaban J connectivity index is 1.57. The van der Waals surface area contributed by atoms with Gasteiger partial charge in [-0.05, 0) is 66.6 Å². The standard InChI is InChI=1S/C34H24Cl2N2O3/c1-19-18-28-34(24-10-4-6-12-26(24)37-33(34)41)29(31(39)20-14-16-21(35)17-15-20)30(32(40)23-9-2-5-11-25(23)36)38(28)27-13-7-3-8-22(19)27/h2-18,28-30H,1H3,(H,37,41)/t28-,29-,30+,34+/m0/s1. The van der Waals surface area contributed by atoms with Gasteiger partial charge in [-0.15, -0.1) is 0 Å². The second-order valence-electron chi connectivity index (χ2n) is 10.7. The van der Waals surface area contributed by atoms with Crippen LogP contribution in [0.15, 0.2) is 103 Å². The van der Waals surface area contributed by atoms with E-state index in [0.29, 0.717) is 32.4 Å². The van der Waals surface area contributed by atoms with Gasteiger partial charge in [0.2, 0.25) is 5.91 Å². The number of carbonyl (C=O) groups excluding carboxylic acids is 3. The van der Waals surface area contributed by atoms with Gasteiger partial charge in [-0.2, -0.15) is 0 Å². The van der Waals surface area contributed by atoms with Crippen LogP contribution in [0.4, 0.5) is 11.4 Å². The molecule has 0 aromatic heterocycles. The number of nitrogens with one attached hydrogen (secondary N) is 1. The Kier molecular flexibility index (Phi) is 5.93. The summed E-state index contributed by atoms with van der Waals surface area (Å²) in [5.41, 5.74) is 3.35. The van der Waals surface area contributed by atoms with E-state index in [0.717, 1.165) is 16.8 Å². The molecule has 1 N–H and O–H groups in total. The van der Waals surface area contributed by atoms with Gasteiger partial charge in [0.25, 0.3) is 0 Å². The molecule has 0 saturated carbocycles. The molecule has 7 rings (SSSR count). The van der Waals surface area contributed by atoms with E-state index >= 15 is 0 Å². The van der Waals surface area contributed by atoms with Crippen molar-refractivity contribution in [3.63, 3.8) is 0 Å². The van der Waals surface area contributed by atoms with Crippen molar-refractivity contribution in [1.29, 1.82) is 0 Å². The smallest absolute Gasteiger partial charge is 0.238 e. The minimum Gasteiger partial charge on any atom is -0.352 e. The van der Waals surface area contributed by atoms with Crippen molar-refractivity contribution in [2.45, 2.75) is 24.4 Å². The number of anilines is 2. The highest BCUT2D eigenvalue weighted by Crippen LogP contribution is 2.59. The van der Waals surface area contributed by atoms with Gasteiger partial charge < -0.3 is 10.2 Å². The Morgan fingerprint density at radius 1 is 0.829 bits per heavy atom. The Bertz CT molecular complexity index is 1800. The average Bonchev–Trinajstić information content (AvgIpc) is 3.45. The fraction of sp³-hybridized carbons (Fsp3) is 0.147. The van der Waals surface area contributed by atoms with E-state index in [1.54, 1.807) is 48.5 Å². The second-order valence-corrected chi connectivity index (χ2v) is 11.6. The molecule has 1 spiro atoms. The lowest BCUT2D eigenvalue weighted by Crippen LogP contribution is -2.51. The maximum atomic E-state index is 14.8. The maximum Gasteiger partial charge on any atom is 0.238 e. The third-order valence-corrected chi connectivity index (χ3v) is 9.28. The lowest BCUT2D eigenvalue weighted by Gasteiger charge is -2.39. The first-order valence-electron chi connectivity index (χ1n) is 13.4. The van der Waals surface area contributed by atoms with Crippen LogP contribution in [0.5, 0.6) is 0 Å². The predicted octanol–water partition coefficient (Wildman–Crippen LogP) is 7.24. The zero-order valence-corrected chi connectivity index (χ0v) is 23.5. The quantitative estimate of drug-likeness (QED) is 0.259. The van der Waals surface area contributed by atoms with Crippen molar-refractivity contribution >= 4 is 57.6 Å². The van der Waals surface area contributed by atoms with E-state index in [4.69, 9.17) is 23.2 Å². The number of halogens is 2. The molecule has 1 amide bonds. The lowest BCUT2D eigenvalue weighted by atomic mass is 9.64. The largest absolute Gasteiger partial charge is 0.352 e. The van der Waals surface area contributed by atoms with Crippen LogP contribution in [0.1, 0.15) is 38.8 Å². The van der Waals surface area contributed by atoms with Crippen LogP contribution >= 0.6 is 23.2 Å². The van der Waals surface area contributed by atoms with Crippen LogP contribution in [0.2, 0.25) is 10.0 Å². The summed E-state index contributed by atoms with van der Waals surface area (Å²) in [6.07, 6.45) is 2.03. The van der Waals surface area contributed by atoms with Crippen LogP contribution < -0.4 is 10.2 Å². The molecular weight excluding hydrogens is 555 g/mol. The maximum absolute atomic E-state index is 14.8. The molecule has 1 fully saturated rings. The molecule has 4 aromatic carbocycles. The van der Waals surface area contributed by atoms with E-state index in [1.807, 2.05) is 66.4 Å². The molecule has 1 saturated heterocycles. The molecule has 7 heteroatoms. The summed E-state index contributed by atoms with van der Waals surface area (Å²) >= 11 is 12.8. The highest BCUT2D eigenvalue weighted by atomic mass is 35.5. The number of benzene rings is 4. The zero-order chi connectivity index (χ0) is 28.5. The lowest BCUT2D eigenvalue weighted by molar-refractivity contribution is -0.121. The van der Waals surface area contributed by atoms with Gasteiger partial charge >= 0.3 is 0 Å². The number of hydrogen-bond acceptors (Lipinski definition) is 4. The molecular formula is C34H24Cl2N2O3. The van der Waals surface area contributed by atoms with E-state index in [-0.39, 0.29) is 17.5 Å². The zero-order valence-electron chi connectivity index (χ0n) is 22.0. The first-order valence-corrected chi connectivity index (χ1v) is 14.1. The van der Waals surface area contributed by atoms with Gasteiger partial charge in [0.15, 0.2) is 11.6 Å². The van der Waals surface area contributed by atoms with E-state index in [1.165, 1.54) is 0 Å². The molecule has 0 bridgehead atoms. The molecule has 3 aliphatic heterocycles. The summed E-state index contributed by atoms with van der Waals surface area (Å²) in [4.78, 5) is 45.9. The van der Waals surface area contributed by atoms with E-state index in [2.05, 4.69) is 5.32 Å². The number of allylic oxidation sites excluding steroid dienone is 1. The molecule has 0 aliphatic carbocycles. The first-order chi connectivity index (χ1) is 19.8. The highest BCUT2D eigenvalue weighted by molar-refractivity contribution is 6.34. The fourth-order valence-corrected chi connectivity index (χ4v) is 7.36. The predicted molar refractivity (Wildman–Crippen MR) is 162 cm³/mol. The Morgan fingerprint density at radius 3 is 2.29 bits per heavy atom. The summed E-state index contributed by atoms with van der Waals surface area (Å²) in [6.45, 7) is 2.00. The highest BCUT2D eigenvalue weighted by Gasteiger charge is 2.70. The third kappa shape index (κ3) is 3.59. The molecule has 3 aliphatic rings. The number of Topliss-reactive ketones (excluding diaryl/α,β-unsaturated/α-hetero) is 2. The summed E-state index contributed by atoms with van der Waals surface area (Å²) < 4.78 is 0. The topological polar surface area (TPSA) is 66.5 Å². The van der Waals surface area contributed by atoms with Gasteiger partial charge in [-0.25, -0.2) is 0 Å². The van der Waals surface area contributed by atoms with Crippen LogP contribution in [0.25, 0.3) is 5.57 Å². The SMILES string of the molecule is CC1=C[C@@H]2N(c3ccccc31)[C@@H](C(=O)c1ccccc1Cl)[C@@H](C(=O)c1ccc(Cl)cc1)[C@]21C(=O)Nc2ccccc21. The minimum absolute atomic E-state index is 0.293. The van der Waals surface area contributed by atoms with E-state index in [9.17, 15) is 14.4 Å². The average molecular weight is 579 g/mol. The Labute approximate surface area is 247 Å². The van der Waals surface area contributed by atoms with Crippen LogP contribution in [-0.4, -0.2) is 29.6 Å². The number of para-hydroxylation sites is 2. The van der Waals surface area contributed by atoms with Crippen molar-refractivity contribution in [3.05, 3.63) is 135 Å². The summed E-state index contributed by atoms with van der Waals surface area (Å²) in [7, 11) is 0. The molecule has 5 nitrogen and oxygen atoms in total. The number of amides is 1. The molecule has 4 atom stereocenters. The minimum atomic E-state index is -1.39. The second kappa shape index (κ2) is 9.44. The summed E-state index contributed by atoms with van der Waals surface area (Å²) in [5.74, 6) is -2.00. The van der Waals surface area contributed by atoms with Crippen LogP contribution in [0, 0.1) is 5.92 Å². The van der Waals surface area contributed by atoms with Crippen molar-refractivity contribution in [3.8, 4) is 0 Å². The molecule has 41 heavy (non-hydrogen) atoms. The van der Waals surface area contributed by atoms with Gasteiger partial charge in [0.1, 0.15) is 11.5 Å². The van der Waals surface area contributed by atoms with Gasteiger partial charge in [0.05, 0.1) is 17.0 Å². The number of ketones is 2. The molecule has 4 aromatic rings. The van der Waals surface area contributed by atoms with Crippen molar-refractivity contribution in [2.75, 3.05) is 10.2 Å².